The quantitative estimate of drug-likeness (QED) is 0.496. The van der Waals surface area contributed by atoms with Crippen LogP contribution in [0.25, 0.3) is 0 Å². The Kier molecular flexibility index (Phi) is 4.75. The first kappa shape index (κ1) is 7.36. The molecule has 7 heavy (non-hydrogen) atoms. The maximum atomic E-state index is 9.95. The fourth-order valence-electron chi connectivity index (χ4n) is 0.110. The molecule has 0 heterocycles. The molecule has 0 aliphatic carbocycles. The summed E-state index contributed by atoms with van der Waals surface area (Å²) in [5, 5.41) is 1.38. The third kappa shape index (κ3) is 6.36. The van der Waals surface area contributed by atoms with Gasteiger partial charge in [-0.05, 0) is 0 Å². The van der Waals surface area contributed by atoms with Crippen LogP contribution in [-0.4, -0.2) is 38.5 Å². The molecule has 0 bridgehead atoms. The molecule has 0 fully saturated rings. The Labute approximate surface area is 60.3 Å². The van der Waals surface area contributed by atoms with E-state index in [-0.39, 0.29) is 10.6 Å². The van der Waals surface area contributed by atoms with Crippen molar-refractivity contribution in [1.82, 2.24) is 0 Å². The molecule has 0 saturated heterocycles. The molecule has 0 saturated carbocycles. The van der Waals surface area contributed by atoms with E-state index in [0.717, 1.165) is 22.5 Å². The van der Waals surface area contributed by atoms with E-state index < -0.39 is 0 Å². The third-order valence-electron chi connectivity index (χ3n) is 0.282. The molecule has 0 aromatic rings. The van der Waals surface area contributed by atoms with Crippen molar-refractivity contribution in [2.45, 2.75) is 0 Å². The number of thiocarbonyl (C=S) groups is 1. The van der Waals surface area contributed by atoms with Crippen molar-refractivity contribution in [3.05, 3.63) is 0 Å². The van der Waals surface area contributed by atoms with E-state index in [1.807, 2.05) is 0 Å². The van der Waals surface area contributed by atoms with Gasteiger partial charge < -0.3 is 0 Å². The number of rotatable bonds is 2. The Morgan fingerprint density at radius 2 is 2.57 bits per heavy atom. The number of ether oxygens (including phenoxy) is 1. The molecule has 0 spiro atoms. The molecule has 0 unspecified atom stereocenters. The normalized spacial score (nSPS) is 7.57. The minimum absolute atomic E-state index is 0.201. The predicted octanol–water partition coefficient (Wildman–Crippen LogP) is 0.291. The van der Waals surface area contributed by atoms with Gasteiger partial charge in [0, 0.05) is 0 Å². The van der Waals surface area contributed by atoms with Crippen LogP contribution in [0.15, 0.2) is 0 Å². The molecular formula is C3H3O2SSn. The molecule has 0 amide bonds. The van der Waals surface area contributed by atoms with Gasteiger partial charge in [0.25, 0.3) is 0 Å². The first-order valence-corrected chi connectivity index (χ1v) is 3.49. The standard InChI is InChI=1S/C3H3O2S.Sn/c4-3-5-1-2-6;/h2H,1H2;. The summed E-state index contributed by atoms with van der Waals surface area (Å²) in [6.07, 6.45) is 0. The SMILES string of the molecule is O=[C]([Sn])OCC=S. The Morgan fingerprint density at radius 3 is 2.71 bits per heavy atom. The molecule has 0 aliphatic heterocycles. The molecule has 4 heteroatoms. The van der Waals surface area contributed by atoms with Crippen LogP contribution in [0.3, 0.4) is 0 Å². The average molecular weight is 222 g/mol. The average Bonchev–Trinajstić information content (AvgIpc) is 1.61. The zero-order chi connectivity index (χ0) is 5.70. The first-order chi connectivity index (χ1) is 3.27. The molecule has 0 rings (SSSR count). The van der Waals surface area contributed by atoms with Gasteiger partial charge in [-0.25, -0.2) is 0 Å². The fourth-order valence-corrected chi connectivity index (χ4v) is 0.416. The van der Waals surface area contributed by atoms with Crippen molar-refractivity contribution in [3.63, 3.8) is 0 Å². The predicted molar refractivity (Wildman–Crippen MR) is 30.8 cm³/mol. The van der Waals surface area contributed by atoms with Gasteiger partial charge in [-0.1, -0.05) is 0 Å². The minimum atomic E-state index is -0.201. The van der Waals surface area contributed by atoms with Crippen LogP contribution in [-0.2, 0) is 4.74 Å². The molecule has 0 aliphatic rings. The van der Waals surface area contributed by atoms with Crippen LogP contribution in [0.4, 0.5) is 4.79 Å². The first-order valence-electron chi connectivity index (χ1n) is 1.59. The molecule has 37 valence electrons. The maximum absolute atomic E-state index is 9.95. The Balaban J connectivity index is 2.97. The molecule has 2 nitrogen and oxygen atoms in total. The van der Waals surface area contributed by atoms with Gasteiger partial charge in [0.15, 0.2) is 0 Å². The molecule has 0 atom stereocenters. The molecular weight excluding hydrogens is 219 g/mol. The van der Waals surface area contributed by atoms with Gasteiger partial charge in [-0.2, -0.15) is 0 Å². The van der Waals surface area contributed by atoms with E-state index in [9.17, 15) is 4.79 Å². The fraction of sp³-hybridized carbons (Fsp3) is 0.333. The second-order valence-electron chi connectivity index (χ2n) is 0.765. The number of hydrogen-bond acceptors (Lipinski definition) is 3. The second kappa shape index (κ2) is 4.52. The van der Waals surface area contributed by atoms with E-state index in [0.29, 0.717) is 0 Å². The van der Waals surface area contributed by atoms with Crippen molar-refractivity contribution in [3.8, 4) is 0 Å². The topological polar surface area (TPSA) is 26.3 Å². The summed E-state index contributed by atoms with van der Waals surface area (Å²) in [4.78, 5) is 9.95. The van der Waals surface area contributed by atoms with E-state index in [4.69, 9.17) is 0 Å². The van der Waals surface area contributed by atoms with Gasteiger partial charge in [0.2, 0.25) is 0 Å². The van der Waals surface area contributed by atoms with Crippen molar-refractivity contribution < 1.29 is 9.53 Å². The summed E-state index contributed by atoms with van der Waals surface area (Å²) in [5.41, 5.74) is 0. The van der Waals surface area contributed by atoms with Gasteiger partial charge in [-0.3, -0.25) is 0 Å². The summed E-state index contributed by atoms with van der Waals surface area (Å²) >= 11 is 5.15. The van der Waals surface area contributed by atoms with Crippen molar-refractivity contribution >= 4 is 44.1 Å². The van der Waals surface area contributed by atoms with Gasteiger partial charge in [-0.15, -0.1) is 0 Å². The van der Waals surface area contributed by atoms with E-state index >= 15 is 0 Å². The summed E-state index contributed by atoms with van der Waals surface area (Å²) < 4.78 is 4.23. The van der Waals surface area contributed by atoms with Crippen LogP contribution in [0.1, 0.15) is 0 Å². The Morgan fingerprint density at radius 1 is 2.00 bits per heavy atom. The molecule has 0 aromatic heterocycles. The second-order valence-corrected chi connectivity index (χ2v) is 2.26. The number of carbonyl (C=O) groups excluding carboxylic acids is 1. The monoisotopic (exact) mass is 223 g/mol. The van der Waals surface area contributed by atoms with Crippen LogP contribution in [0.5, 0.6) is 0 Å². The zero-order valence-corrected chi connectivity index (χ0v) is 7.18. The number of carbonyl (C=O) groups is 1. The summed E-state index contributed by atoms with van der Waals surface area (Å²) in [5.74, 6) is 0. The van der Waals surface area contributed by atoms with Gasteiger partial charge in [0.05, 0.1) is 0 Å². The van der Waals surface area contributed by atoms with Crippen molar-refractivity contribution in [2.24, 2.45) is 0 Å². The third-order valence-corrected chi connectivity index (χ3v) is 0.831. The van der Waals surface area contributed by atoms with Crippen LogP contribution in [0, 0.1) is 0 Å². The van der Waals surface area contributed by atoms with E-state index in [2.05, 4.69) is 17.0 Å². The summed E-state index contributed by atoms with van der Waals surface area (Å²) in [6, 6.07) is 0. The van der Waals surface area contributed by atoms with Crippen LogP contribution in [0.2, 0.25) is 0 Å². The van der Waals surface area contributed by atoms with Crippen LogP contribution >= 0.6 is 12.2 Å². The van der Waals surface area contributed by atoms with Crippen molar-refractivity contribution in [1.29, 1.82) is 0 Å². The van der Waals surface area contributed by atoms with Crippen molar-refractivity contribution in [2.75, 3.05) is 6.61 Å². The Bertz CT molecular complexity index is 83.0. The Hall–Kier alpha value is 0.359. The van der Waals surface area contributed by atoms with E-state index in [1.165, 1.54) is 5.37 Å². The summed E-state index contributed by atoms with van der Waals surface area (Å²) in [6.45, 7) is 0.263. The van der Waals surface area contributed by atoms with Crippen LogP contribution < -0.4 is 0 Å². The number of hydrogen-bond donors (Lipinski definition) is 0. The molecule has 0 N–H and O–H groups in total. The summed E-state index contributed by atoms with van der Waals surface area (Å²) in [7, 11) is 0. The van der Waals surface area contributed by atoms with Gasteiger partial charge >= 0.3 is 60.2 Å². The molecule has 3 radical (unpaired) electrons. The zero-order valence-electron chi connectivity index (χ0n) is 3.51. The molecule has 0 aromatic carbocycles. The van der Waals surface area contributed by atoms with Gasteiger partial charge in [0.1, 0.15) is 0 Å². The van der Waals surface area contributed by atoms with E-state index in [1.54, 1.807) is 0 Å².